The van der Waals surface area contributed by atoms with Gasteiger partial charge in [-0.05, 0) is 70.5 Å². The lowest BCUT2D eigenvalue weighted by atomic mass is 9.66. The van der Waals surface area contributed by atoms with E-state index in [1.54, 1.807) is 0 Å². The number of hydrogen-bond acceptors (Lipinski definition) is 8. The van der Waals surface area contributed by atoms with Gasteiger partial charge in [0.2, 0.25) is 0 Å². The van der Waals surface area contributed by atoms with E-state index in [0.29, 0.717) is 11.5 Å². The molecule has 2 aliphatic carbocycles. The number of ether oxygens (including phenoxy) is 4. The molecule has 3 aromatic rings. The van der Waals surface area contributed by atoms with Crippen LogP contribution in [0, 0.1) is 0 Å². The molecule has 0 saturated heterocycles. The second-order valence-electron chi connectivity index (χ2n) is 10.8. The fourth-order valence-corrected chi connectivity index (χ4v) is 5.86. The summed E-state index contributed by atoms with van der Waals surface area (Å²) in [6, 6.07) is 24.2. The average molecular weight is 609 g/mol. The van der Waals surface area contributed by atoms with Gasteiger partial charge in [-0.2, -0.15) is 0 Å². The summed E-state index contributed by atoms with van der Waals surface area (Å²) in [5.41, 5.74) is 6.45. The number of benzene rings is 3. The van der Waals surface area contributed by atoms with Crippen LogP contribution in [0.25, 0.3) is 5.57 Å². The Morgan fingerprint density at radius 2 is 1.27 bits per heavy atom. The largest absolute Gasteiger partial charge is 0.491 e. The van der Waals surface area contributed by atoms with Crippen LogP contribution in [0.15, 0.2) is 116 Å². The highest BCUT2D eigenvalue weighted by Crippen LogP contribution is 2.57. The summed E-state index contributed by atoms with van der Waals surface area (Å²) >= 11 is 0. The van der Waals surface area contributed by atoms with Crippen LogP contribution in [0.5, 0.6) is 11.5 Å². The second kappa shape index (κ2) is 14.2. The summed E-state index contributed by atoms with van der Waals surface area (Å²) in [6.07, 6.45) is 6.49. The van der Waals surface area contributed by atoms with Crippen molar-refractivity contribution in [3.63, 3.8) is 0 Å². The van der Waals surface area contributed by atoms with E-state index in [9.17, 15) is 19.8 Å². The number of rotatable bonds is 14. The molecule has 0 aromatic heterocycles. The first kappa shape index (κ1) is 31.5. The molecule has 2 N–H and O–H groups in total. The van der Waals surface area contributed by atoms with Gasteiger partial charge in [0.15, 0.2) is 0 Å². The van der Waals surface area contributed by atoms with E-state index in [0.717, 1.165) is 36.1 Å². The molecule has 0 spiro atoms. The normalized spacial score (nSPS) is 17.8. The number of aliphatic hydroxyl groups is 2. The zero-order valence-corrected chi connectivity index (χ0v) is 24.9. The van der Waals surface area contributed by atoms with Crippen molar-refractivity contribution in [3.05, 3.63) is 138 Å². The fraction of sp³-hybridized carbons (Fsp3) is 0.243. The first-order valence-electron chi connectivity index (χ1n) is 14.8. The van der Waals surface area contributed by atoms with Crippen LogP contribution in [0.4, 0.5) is 0 Å². The number of esters is 2. The molecule has 232 valence electrons. The van der Waals surface area contributed by atoms with Crippen LogP contribution in [0.1, 0.15) is 35.1 Å². The maximum Gasteiger partial charge on any atom is 0.330 e. The summed E-state index contributed by atoms with van der Waals surface area (Å²) in [6.45, 7) is 6.24. The van der Waals surface area contributed by atoms with Crippen molar-refractivity contribution < 1.29 is 38.7 Å². The molecule has 0 aliphatic heterocycles. The Morgan fingerprint density at radius 1 is 0.756 bits per heavy atom. The van der Waals surface area contributed by atoms with Gasteiger partial charge in [0, 0.05) is 12.2 Å². The Bertz CT molecular complexity index is 1520. The van der Waals surface area contributed by atoms with Gasteiger partial charge in [0.25, 0.3) is 0 Å². The summed E-state index contributed by atoms with van der Waals surface area (Å²) in [5.74, 6) is -0.0584. The van der Waals surface area contributed by atoms with Crippen molar-refractivity contribution >= 4 is 17.5 Å². The molecular formula is C37H36O8. The van der Waals surface area contributed by atoms with Crippen molar-refractivity contribution in [2.45, 2.75) is 30.5 Å². The second-order valence-corrected chi connectivity index (χ2v) is 10.8. The molecule has 2 aliphatic rings. The van der Waals surface area contributed by atoms with Crippen molar-refractivity contribution in [1.29, 1.82) is 0 Å². The number of hydrogen-bond donors (Lipinski definition) is 2. The van der Waals surface area contributed by atoms with Gasteiger partial charge in [0.1, 0.15) is 50.1 Å². The molecular weight excluding hydrogens is 572 g/mol. The molecule has 0 saturated carbocycles. The zero-order valence-electron chi connectivity index (χ0n) is 24.9. The minimum Gasteiger partial charge on any atom is -0.491 e. The van der Waals surface area contributed by atoms with Crippen LogP contribution < -0.4 is 9.47 Å². The number of carbonyl (C=O) groups is 2. The SMILES string of the molecule is C=CC(=O)OCC(O)COc1ccc(C2(c3ccc(OCC(O)COC(=O)C=C)cc3)C3=C(CCC=C3)c3ccccc32)cc1. The van der Waals surface area contributed by atoms with Gasteiger partial charge in [-0.25, -0.2) is 9.59 Å². The predicted molar refractivity (Wildman–Crippen MR) is 170 cm³/mol. The third-order valence-corrected chi connectivity index (χ3v) is 7.86. The van der Waals surface area contributed by atoms with Crippen LogP contribution in [-0.4, -0.2) is 60.8 Å². The summed E-state index contributed by atoms with van der Waals surface area (Å²) < 4.78 is 21.4. The molecule has 2 unspecified atom stereocenters. The molecule has 2 atom stereocenters. The van der Waals surface area contributed by atoms with E-state index in [2.05, 4.69) is 49.6 Å². The molecule has 8 heteroatoms. The Balaban J connectivity index is 1.42. The molecule has 0 radical (unpaired) electrons. The molecule has 0 amide bonds. The molecule has 8 nitrogen and oxygen atoms in total. The van der Waals surface area contributed by atoms with Gasteiger partial charge >= 0.3 is 11.9 Å². The lowest BCUT2D eigenvalue weighted by Crippen LogP contribution is -2.29. The monoisotopic (exact) mass is 608 g/mol. The smallest absolute Gasteiger partial charge is 0.330 e. The Hall–Kier alpha value is -4.92. The van der Waals surface area contributed by atoms with Crippen molar-refractivity contribution in [2.24, 2.45) is 0 Å². The number of aliphatic hydroxyl groups excluding tert-OH is 2. The van der Waals surface area contributed by atoms with Gasteiger partial charge in [0.05, 0.1) is 5.41 Å². The summed E-state index contributed by atoms with van der Waals surface area (Å²) in [5, 5.41) is 20.3. The van der Waals surface area contributed by atoms with Gasteiger partial charge in [-0.15, -0.1) is 0 Å². The minimum atomic E-state index is -0.981. The highest BCUT2D eigenvalue weighted by Gasteiger charge is 2.47. The van der Waals surface area contributed by atoms with E-state index >= 15 is 0 Å². The van der Waals surface area contributed by atoms with Gasteiger partial charge in [-0.3, -0.25) is 0 Å². The Labute approximate surface area is 262 Å². The molecule has 45 heavy (non-hydrogen) atoms. The van der Waals surface area contributed by atoms with Crippen LogP contribution in [-0.2, 0) is 24.5 Å². The Morgan fingerprint density at radius 3 is 1.78 bits per heavy atom. The van der Waals surface area contributed by atoms with E-state index in [-0.39, 0.29) is 26.4 Å². The highest BCUT2D eigenvalue weighted by atomic mass is 16.6. The van der Waals surface area contributed by atoms with Crippen LogP contribution >= 0.6 is 0 Å². The lowest BCUT2D eigenvalue weighted by molar-refractivity contribution is -0.142. The van der Waals surface area contributed by atoms with E-state index < -0.39 is 29.6 Å². The highest BCUT2D eigenvalue weighted by molar-refractivity contribution is 5.88. The zero-order chi connectivity index (χ0) is 31.8. The fourth-order valence-electron chi connectivity index (χ4n) is 5.86. The van der Waals surface area contributed by atoms with E-state index in [4.69, 9.17) is 18.9 Å². The number of carbonyl (C=O) groups excluding carboxylic acids is 2. The first-order valence-corrected chi connectivity index (χ1v) is 14.8. The minimum absolute atomic E-state index is 0.0391. The van der Waals surface area contributed by atoms with Crippen LogP contribution in [0.3, 0.4) is 0 Å². The van der Waals surface area contributed by atoms with Crippen molar-refractivity contribution in [1.82, 2.24) is 0 Å². The quantitative estimate of drug-likeness (QED) is 0.193. The third-order valence-electron chi connectivity index (χ3n) is 7.86. The first-order chi connectivity index (χ1) is 21.9. The van der Waals surface area contributed by atoms with Crippen molar-refractivity contribution in [3.8, 4) is 11.5 Å². The summed E-state index contributed by atoms with van der Waals surface area (Å²) in [4.78, 5) is 22.6. The average Bonchev–Trinajstić information content (AvgIpc) is 3.39. The molecule has 0 fully saturated rings. The molecule has 0 heterocycles. The topological polar surface area (TPSA) is 112 Å². The summed E-state index contributed by atoms with van der Waals surface area (Å²) in [7, 11) is 0. The number of fused-ring (bicyclic) bond motifs is 2. The maximum atomic E-state index is 11.3. The molecule has 3 aromatic carbocycles. The van der Waals surface area contributed by atoms with Gasteiger partial charge in [-0.1, -0.05) is 73.8 Å². The lowest BCUT2D eigenvalue weighted by Gasteiger charge is -2.35. The standard InChI is InChI=1S/C37H36O8/c1-3-35(40)44-23-27(38)21-42-29-17-13-25(14-18-29)37(33-11-7-5-9-31(33)32-10-6-8-12-34(32)37)26-15-19-30(20-16-26)43-22-28(39)24-45-36(41)4-2/h3-5,7-9,11-20,27-28,38-39H,1-2,6,10,21-24H2. The molecule has 0 bridgehead atoms. The Kier molecular flexibility index (Phi) is 9.97. The number of allylic oxidation sites excluding steroid dienone is 4. The molecule has 5 rings (SSSR count). The predicted octanol–water partition coefficient (Wildman–Crippen LogP) is 5.08. The van der Waals surface area contributed by atoms with Crippen molar-refractivity contribution in [2.75, 3.05) is 26.4 Å². The van der Waals surface area contributed by atoms with Gasteiger partial charge < -0.3 is 29.2 Å². The third kappa shape index (κ3) is 6.77. The van der Waals surface area contributed by atoms with E-state index in [1.807, 2.05) is 48.5 Å². The van der Waals surface area contributed by atoms with E-state index in [1.165, 1.54) is 22.3 Å². The van der Waals surface area contributed by atoms with Crippen LogP contribution in [0.2, 0.25) is 0 Å². The maximum absolute atomic E-state index is 11.3.